The van der Waals surface area contributed by atoms with E-state index in [9.17, 15) is 9.18 Å². The molecule has 3 rings (SSSR count). The van der Waals surface area contributed by atoms with Gasteiger partial charge in [-0.05, 0) is 48.8 Å². The molecular formula is C18H20FNO2S. The number of rotatable bonds is 5. The highest BCUT2D eigenvalue weighted by molar-refractivity contribution is 7.08. The fraction of sp³-hybridized carbons (Fsp3) is 0.389. The van der Waals surface area contributed by atoms with Gasteiger partial charge in [0.25, 0.3) is 5.91 Å². The molecule has 1 aromatic carbocycles. The number of nitrogens with zero attached hydrogens (tertiary/aromatic N) is 1. The molecule has 2 heterocycles. The Kier molecular flexibility index (Phi) is 5.28. The molecule has 0 saturated carbocycles. The summed E-state index contributed by atoms with van der Waals surface area (Å²) in [6, 6.07) is 8.36. The standard InChI is InChI=1S/C18H20FNO2S/c19-16-3-1-2-4-17(16)22-11-7-14-5-9-20(10-6-14)18(21)15-8-12-23-13-15/h1-4,8,12-14H,5-7,9-11H2. The molecule has 1 saturated heterocycles. The molecule has 1 aliphatic heterocycles. The number of hydrogen-bond acceptors (Lipinski definition) is 3. The highest BCUT2D eigenvalue weighted by Gasteiger charge is 2.23. The predicted molar refractivity (Wildman–Crippen MR) is 89.5 cm³/mol. The van der Waals surface area contributed by atoms with Gasteiger partial charge in [0.2, 0.25) is 0 Å². The van der Waals surface area contributed by atoms with Gasteiger partial charge in [-0.25, -0.2) is 4.39 Å². The zero-order valence-electron chi connectivity index (χ0n) is 12.9. The third-order valence-corrected chi connectivity index (χ3v) is 4.97. The number of thiophene rings is 1. The molecule has 0 unspecified atom stereocenters. The Morgan fingerprint density at radius 2 is 2.04 bits per heavy atom. The van der Waals surface area contributed by atoms with Gasteiger partial charge in [0.1, 0.15) is 0 Å². The molecule has 1 aliphatic rings. The molecule has 23 heavy (non-hydrogen) atoms. The first-order valence-electron chi connectivity index (χ1n) is 7.93. The minimum atomic E-state index is -0.316. The van der Waals surface area contributed by atoms with Crippen LogP contribution in [0.25, 0.3) is 0 Å². The summed E-state index contributed by atoms with van der Waals surface area (Å²) in [5.74, 6) is 0.668. The van der Waals surface area contributed by atoms with Gasteiger partial charge in [0.05, 0.1) is 12.2 Å². The van der Waals surface area contributed by atoms with Gasteiger partial charge in [0, 0.05) is 18.5 Å². The lowest BCUT2D eigenvalue weighted by molar-refractivity contribution is 0.0680. The van der Waals surface area contributed by atoms with Gasteiger partial charge in [-0.3, -0.25) is 4.79 Å². The van der Waals surface area contributed by atoms with Crippen molar-refractivity contribution in [3.05, 3.63) is 52.5 Å². The Balaban J connectivity index is 1.41. The minimum absolute atomic E-state index is 0.132. The van der Waals surface area contributed by atoms with Crippen LogP contribution in [-0.4, -0.2) is 30.5 Å². The van der Waals surface area contributed by atoms with Crippen LogP contribution in [-0.2, 0) is 0 Å². The maximum absolute atomic E-state index is 13.5. The molecule has 0 aliphatic carbocycles. The Labute approximate surface area is 139 Å². The van der Waals surface area contributed by atoms with Gasteiger partial charge in [0.15, 0.2) is 11.6 Å². The number of halogens is 1. The van der Waals surface area contributed by atoms with Crippen molar-refractivity contribution in [2.45, 2.75) is 19.3 Å². The fourth-order valence-corrected chi connectivity index (χ4v) is 3.52. The fourth-order valence-electron chi connectivity index (χ4n) is 2.89. The van der Waals surface area contributed by atoms with Crippen molar-refractivity contribution in [3.63, 3.8) is 0 Å². The Hall–Kier alpha value is -1.88. The van der Waals surface area contributed by atoms with Crippen molar-refractivity contribution >= 4 is 17.2 Å². The summed E-state index contributed by atoms with van der Waals surface area (Å²) in [6.45, 7) is 2.10. The lowest BCUT2D eigenvalue weighted by atomic mass is 9.93. The van der Waals surface area contributed by atoms with E-state index in [1.165, 1.54) is 6.07 Å². The van der Waals surface area contributed by atoms with E-state index in [1.807, 2.05) is 21.7 Å². The van der Waals surface area contributed by atoms with Crippen molar-refractivity contribution in [1.82, 2.24) is 4.90 Å². The van der Waals surface area contributed by atoms with Crippen molar-refractivity contribution < 1.29 is 13.9 Å². The summed E-state index contributed by atoms with van der Waals surface area (Å²) < 4.78 is 19.0. The molecule has 1 aromatic heterocycles. The lowest BCUT2D eigenvalue weighted by Gasteiger charge is -2.31. The zero-order chi connectivity index (χ0) is 16.1. The minimum Gasteiger partial charge on any atom is -0.491 e. The van der Waals surface area contributed by atoms with Crippen LogP contribution in [0.4, 0.5) is 4.39 Å². The summed E-state index contributed by atoms with van der Waals surface area (Å²) in [5.41, 5.74) is 0.788. The number of carbonyl (C=O) groups is 1. The second kappa shape index (κ2) is 7.59. The molecule has 0 atom stereocenters. The number of piperidine rings is 1. The largest absolute Gasteiger partial charge is 0.491 e. The van der Waals surface area contributed by atoms with E-state index in [4.69, 9.17) is 4.74 Å². The molecule has 0 bridgehead atoms. The highest BCUT2D eigenvalue weighted by Crippen LogP contribution is 2.23. The van der Waals surface area contributed by atoms with Crippen LogP contribution in [0, 0.1) is 11.7 Å². The van der Waals surface area contributed by atoms with Crippen molar-refractivity contribution in [2.24, 2.45) is 5.92 Å². The molecule has 1 amide bonds. The van der Waals surface area contributed by atoms with Crippen molar-refractivity contribution in [2.75, 3.05) is 19.7 Å². The predicted octanol–water partition coefficient (Wildman–Crippen LogP) is 4.21. The molecular weight excluding hydrogens is 313 g/mol. The number of para-hydroxylation sites is 1. The number of carbonyl (C=O) groups excluding carboxylic acids is 1. The monoisotopic (exact) mass is 333 g/mol. The summed E-state index contributed by atoms with van der Waals surface area (Å²) in [7, 11) is 0. The van der Waals surface area contributed by atoms with E-state index in [-0.39, 0.29) is 11.7 Å². The van der Waals surface area contributed by atoms with Gasteiger partial charge in [-0.15, -0.1) is 0 Å². The molecule has 122 valence electrons. The third-order valence-electron chi connectivity index (χ3n) is 4.29. The van der Waals surface area contributed by atoms with E-state index in [0.717, 1.165) is 37.9 Å². The van der Waals surface area contributed by atoms with Gasteiger partial charge in [-0.1, -0.05) is 12.1 Å². The molecule has 5 heteroatoms. The van der Waals surface area contributed by atoms with Crippen LogP contribution in [0.1, 0.15) is 29.6 Å². The first-order valence-corrected chi connectivity index (χ1v) is 8.87. The second-order valence-electron chi connectivity index (χ2n) is 5.82. The molecule has 0 spiro atoms. The van der Waals surface area contributed by atoms with Crippen molar-refractivity contribution in [1.29, 1.82) is 0 Å². The van der Waals surface area contributed by atoms with Crippen LogP contribution in [0.3, 0.4) is 0 Å². The number of hydrogen-bond donors (Lipinski definition) is 0. The van der Waals surface area contributed by atoms with Crippen LogP contribution >= 0.6 is 11.3 Å². The van der Waals surface area contributed by atoms with Gasteiger partial charge in [-0.2, -0.15) is 11.3 Å². The summed E-state index contributed by atoms with van der Waals surface area (Å²) in [5, 5.41) is 3.83. The maximum atomic E-state index is 13.5. The van der Waals surface area contributed by atoms with Crippen LogP contribution in [0.5, 0.6) is 5.75 Å². The normalized spacial score (nSPS) is 15.6. The zero-order valence-corrected chi connectivity index (χ0v) is 13.7. The quantitative estimate of drug-likeness (QED) is 0.820. The second-order valence-corrected chi connectivity index (χ2v) is 6.60. The Bertz CT molecular complexity index is 636. The van der Waals surface area contributed by atoms with Crippen LogP contribution < -0.4 is 4.74 Å². The average Bonchev–Trinajstić information content (AvgIpc) is 3.11. The average molecular weight is 333 g/mol. The molecule has 0 radical (unpaired) electrons. The smallest absolute Gasteiger partial charge is 0.254 e. The summed E-state index contributed by atoms with van der Waals surface area (Å²) in [6.07, 6.45) is 2.86. The SMILES string of the molecule is O=C(c1ccsc1)N1CCC(CCOc2ccccc2F)CC1. The molecule has 3 nitrogen and oxygen atoms in total. The first kappa shape index (κ1) is 16.0. The summed E-state index contributed by atoms with van der Waals surface area (Å²) in [4.78, 5) is 14.2. The Morgan fingerprint density at radius 3 is 2.74 bits per heavy atom. The van der Waals surface area contributed by atoms with Crippen LogP contribution in [0.15, 0.2) is 41.1 Å². The van der Waals surface area contributed by atoms with E-state index >= 15 is 0 Å². The van der Waals surface area contributed by atoms with Gasteiger partial charge < -0.3 is 9.64 Å². The summed E-state index contributed by atoms with van der Waals surface area (Å²) >= 11 is 1.55. The number of amides is 1. The van der Waals surface area contributed by atoms with E-state index in [2.05, 4.69) is 0 Å². The van der Waals surface area contributed by atoms with Crippen LogP contribution in [0.2, 0.25) is 0 Å². The van der Waals surface area contributed by atoms with Gasteiger partial charge >= 0.3 is 0 Å². The lowest BCUT2D eigenvalue weighted by Crippen LogP contribution is -2.38. The van der Waals surface area contributed by atoms with E-state index < -0.39 is 0 Å². The number of ether oxygens (including phenoxy) is 1. The first-order chi connectivity index (χ1) is 11.2. The Morgan fingerprint density at radius 1 is 1.26 bits per heavy atom. The van der Waals surface area contributed by atoms with Crippen molar-refractivity contribution in [3.8, 4) is 5.75 Å². The highest BCUT2D eigenvalue weighted by atomic mass is 32.1. The van der Waals surface area contributed by atoms with E-state index in [0.29, 0.717) is 18.3 Å². The van der Waals surface area contributed by atoms with E-state index in [1.54, 1.807) is 29.5 Å². The number of benzene rings is 1. The molecule has 1 fully saturated rings. The topological polar surface area (TPSA) is 29.5 Å². The maximum Gasteiger partial charge on any atom is 0.254 e. The molecule has 0 N–H and O–H groups in total. The number of likely N-dealkylation sites (tertiary alicyclic amines) is 1. The third kappa shape index (κ3) is 4.10. The molecule has 2 aromatic rings.